The second-order valence-corrected chi connectivity index (χ2v) is 4.17. The first-order chi connectivity index (χ1) is 5.54. The van der Waals surface area contributed by atoms with Crippen LogP contribution >= 0.6 is 0 Å². The maximum Gasteiger partial charge on any atom is 0.411 e. The number of nitrogens with two attached hydrogens (primary N) is 1. The first-order valence-electron chi connectivity index (χ1n) is 2.83. The summed E-state index contributed by atoms with van der Waals surface area (Å²) in [7, 11) is -4.23. The van der Waals surface area contributed by atoms with Crippen LogP contribution in [0.15, 0.2) is 11.0 Å². The summed E-state index contributed by atoms with van der Waals surface area (Å²) in [6, 6.07) is 0. The van der Waals surface area contributed by atoms with Gasteiger partial charge in [0.25, 0.3) is 5.91 Å². The minimum absolute atomic E-state index is 0.468. The standard InChI is InChI=1S/C5H6F3NO3S/c1-13(11,12)3(4(9)10)2-5(6,7)8/h2H,1H3,(H2,9,10). The number of carbonyl (C=O) groups excluding carboxylic acids is 1. The number of amides is 1. The van der Waals surface area contributed by atoms with E-state index in [2.05, 4.69) is 5.73 Å². The van der Waals surface area contributed by atoms with Crippen molar-refractivity contribution in [3.63, 3.8) is 0 Å². The normalized spacial score (nSPS) is 14.3. The summed E-state index contributed by atoms with van der Waals surface area (Å²) in [5.74, 6) is -1.63. The first kappa shape index (κ1) is 11.9. The second kappa shape index (κ2) is 3.36. The molecule has 0 unspecified atom stereocenters. The summed E-state index contributed by atoms with van der Waals surface area (Å²) in [5.41, 5.74) is 4.44. The third kappa shape index (κ3) is 4.51. The topological polar surface area (TPSA) is 77.2 Å². The molecule has 0 rings (SSSR count). The molecule has 0 aliphatic heterocycles. The van der Waals surface area contributed by atoms with Crippen LogP contribution in [0.3, 0.4) is 0 Å². The quantitative estimate of drug-likeness (QED) is 0.659. The van der Waals surface area contributed by atoms with E-state index in [-0.39, 0.29) is 0 Å². The lowest BCUT2D eigenvalue weighted by Gasteiger charge is -2.02. The molecule has 0 radical (unpaired) electrons. The molecule has 0 aliphatic rings. The van der Waals surface area contributed by atoms with E-state index in [0.29, 0.717) is 6.26 Å². The number of alkyl halides is 3. The first-order valence-corrected chi connectivity index (χ1v) is 4.72. The molecule has 4 nitrogen and oxygen atoms in total. The maximum atomic E-state index is 11.6. The Labute approximate surface area is 72.1 Å². The van der Waals surface area contributed by atoms with Crippen LogP contribution in [0.5, 0.6) is 0 Å². The van der Waals surface area contributed by atoms with Crippen molar-refractivity contribution in [2.45, 2.75) is 6.18 Å². The third-order valence-electron chi connectivity index (χ3n) is 0.937. The number of hydrogen-bond acceptors (Lipinski definition) is 3. The molecule has 0 aromatic carbocycles. The lowest BCUT2D eigenvalue weighted by Crippen LogP contribution is -2.22. The van der Waals surface area contributed by atoms with E-state index in [0.717, 1.165) is 0 Å². The Bertz CT molecular complexity index is 341. The summed E-state index contributed by atoms with van der Waals surface area (Å²) < 4.78 is 56.1. The summed E-state index contributed by atoms with van der Waals surface area (Å²) >= 11 is 0. The Morgan fingerprint density at radius 2 is 1.77 bits per heavy atom. The van der Waals surface area contributed by atoms with Crippen LogP contribution in [0, 0.1) is 0 Å². The largest absolute Gasteiger partial charge is 0.411 e. The monoisotopic (exact) mass is 217 g/mol. The molecule has 0 saturated carbocycles. The van der Waals surface area contributed by atoms with E-state index in [1.807, 2.05) is 0 Å². The highest BCUT2D eigenvalue weighted by Crippen LogP contribution is 2.20. The number of halogens is 3. The summed E-state index contributed by atoms with van der Waals surface area (Å²) in [4.78, 5) is 8.85. The van der Waals surface area contributed by atoms with Crippen LogP contribution in [0.1, 0.15) is 0 Å². The van der Waals surface area contributed by atoms with Gasteiger partial charge < -0.3 is 5.73 Å². The van der Waals surface area contributed by atoms with Crippen molar-refractivity contribution in [2.24, 2.45) is 5.73 Å². The number of sulfone groups is 1. The zero-order valence-corrected chi connectivity index (χ0v) is 7.24. The van der Waals surface area contributed by atoms with E-state index in [4.69, 9.17) is 0 Å². The third-order valence-corrected chi connectivity index (χ3v) is 2.06. The molecule has 1 amide bonds. The fraction of sp³-hybridized carbons (Fsp3) is 0.400. The molecule has 0 aliphatic carbocycles. The van der Waals surface area contributed by atoms with Gasteiger partial charge in [-0.1, -0.05) is 0 Å². The van der Waals surface area contributed by atoms with Crippen LogP contribution in [-0.4, -0.2) is 26.8 Å². The van der Waals surface area contributed by atoms with Gasteiger partial charge in [-0.25, -0.2) is 8.42 Å². The number of hydrogen-bond donors (Lipinski definition) is 1. The van der Waals surface area contributed by atoms with Gasteiger partial charge in [-0.15, -0.1) is 0 Å². The van der Waals surface area contributed by atoms with Crippen LogP contribution in [-0.2, 0) is 14.6 Å². The van der Waals surface area contributed by atoms with Gasteiger partial charge in [0.05, 0.1) is 0 Å². The highest BCUT2D eigenvalue weighted by molar-refractivity contribution is 7.95. The Hall–Kier alpha value is -1.05. The van der Waals surface area contributed by atoms with E-state index >= 15 is 0 Å². The van der Waals surface area contributed by atoms with Crippen molar-refractivity contribution >= 4 is 15.7 Å². The zero-order valence-electron chi connectivity index (χ0n) is 6.42. The second-order valence-electron chi connectivity index (χ2n) is 2.19. The maximum absolute atomic E-state index is 11.6. The molecular formula is C5H6F3NO3S. The van der Waals surface area contributed by atoms with Crippen LogP contribution < -0.4 is 5.73 Å². The molecule has 0 atom stereocenters. The summed E-state index contributed by atoms with van der Waals surface area (Å²) in [6.07, 6.45) is -5.05. The van der Waals surface area contributed by atoms with Gasteiger partial charge in [-0.2, -0.15) is 13.2 Å². The van der Waals surface area contributed by atoms with E-state index < -0.39 is 32.9 Å². The SMILES string of the molecule is CS(=O)(=O)C(=CC(F)(F)F)C(N)=O. The van der Waals surface area contributed by atoms with Crippen molar-refractivity contribution in [1.82, 2.24) is 0 Å². The minimum atomic E-state index is -4.88. The molecule has 0 aromatic heterocycles. The average Bonchev–Trinajstić information content (AvgIpc) is 1.77. The average molecular weight is 217 g/mol. The van der Waals surface area contributed by atoms with E-state index in [1.54, 1.807) is 0 Å². The molecule has 0 fully saturated rings. The summed E-state index contributed by atoms with van der Waals surface area (Å²) in [5, 5.41) is 0. The van der Waals surface area contributed by atoms with Crippen LogP contribution in [0.25, 0.3) is 0 Å². The lowest BCUT2D eigenvalue weighted by molar-refractivity contribution is -0.115. The van der Waals surface area contributed by atoms with E-state index in [9.17, 15) is 26.4 Å². The van der Waals surface area contributed by atoms with Crippen molar-refractivity contribution in [3.05, 3.63) is 11.0 Å². The molecule has 0 saturated heterocycles. The number of allylic oxidation sites excluding steroid dienone is 1. The van der Waals surface area contributed by atoms with Gasteiger partial charge in [0.2, 0.25) is 0 Å². The highest BCUT2D eigenvalue weighted by atomic mass is 32.2. The molecule has 13 heavy (non-hydrogen) atoms. The van der Waals surface area contributed by atoms with Gasteiger partial charge in [0.15, 0.2) is 9.84 Å². The molecule has 8 heteroatoms. The van der Waals surface area contributed by atoms with Gasteiger partial charge in [0, 0.05) is 12.3 Å². The molecular weight excluding hydrogens is 211 g/mol. The lowest BCUT2D eigenvalue weighted by atomic mass is 10.4. The van der Waals surface area contributed by atoms with E-state index in [1.165, 1.54) is 0 Å². The molecule has 2 N–H and O–H groups in total. The minimum Gasteiger partial charge on any atom is -0.365 e. The Morgan fingerprint density at radius 1 is 1.38 bits per heavy atom. The molecule has 76 valence electrons. The van der Waals surface area contributed by atoms with Gasteiger partial charge >= 0.3 is 6.18 Å². The van der Waals surface area contributed by atoms with Crippen LogP contribution in [0.2, 0.25) is 0 Å². The Kier molecular flexibility index (Phi) is 3.09. The molecule has 0 aromatic rings. The highest BCUT2D eigenvalue weighted by Gasteiger charge is 2.30. The van der Waals surface area contributed by atoms with Crippen molar-refractivity contribution in [3.8, 4) is 0 Å². The summed E-state index contributed by atoms with van der Waals surface area (Å²) in [6.45, 7) is 0. The molecule has 0 heterocycles. The smallest absolute Gasteiger partial charge is 0.365 e. The Balaban J connectivity index is 5.33. The fourth-order valence-electron chi connectivity index (χ4n) is 0.510. The molecule has 0 bridgehead atoms. The van der Waals surface area contributed by atoms with Gasteiger partial charge in [-0.05, 0) is 0 Å². The van der Waals surface area contributed by atoms with Gasteiger partial charge in [-0.3, -0.25) is 4.79 Å². The number of primary amides is 1. The van der Waals surface area contributed by atoms with Crippen molar-refractivity contribution in [1.29, 1.82) is 0 Å². The number of carbonyl (C=O) groups is 1. The Morgan fingerprint density at radius 3 is 1.85 bits per heavy atom. The van der Waals surface area contributed by atoms with Crippen molar-refractivity contribution in [2.75, 3.05) is 6.26 Å². The predicted octanol–water partition coefficient (Wildman–Crippen LogP) is -0.0375. The number of rotatable bonds is 2. The van der Waals surface area contributed by atoms with Crippen molar-refractivity contribution < 1.29 is 26.4 Å². The predicted molar refractivity (Wildman–Crippen MR) is 38.2 cm³/mol. The van der Waals surface area contributed by atoms with Crippen LogP contribution in [0.4, 0.5) is 13.2 Å². The fourth-order valence-corrected chi connectivity index (χ4v) is 1.22. The van der Waals surface area contributed by atoms with Gasteiger partial charge in [0.1, 0.15) is 4.91 Å². The molecule has 0 spiro atoms. The zero-order chi connectivity index (χ0) is 10.9.